The lowest BCUT2D eigenvalue weighted by Gasteiger charge is -2.37. The van der Waals surface area contributed by atoms with E-state index in [1.165, 1.54) is 30.5 Å². The molecule has 0 aromatic heterocycles. The lowest BCUT2D eigenvalue weighted by molar-refractivity contribution is 0.00365. The molecule has 2 aliphatic rings. The molecule has 1 saturated heterocycles. The first-order chi connectivity index (χ1) is 10.8. The zero-order valence-electron chi connectivity index (χ0n) is 12.4. The Balaban J connectivity index is 1.78. The van der Waals surface area contributed by atoms with Crippen LogP contribution in [0.4, 0.5) is 4.39 Å². The molecule has 0 amide bonds. The molecule has 114 valence electrons. The SMILES string of the molecule is Fc1ccc2c(c1)ONC2(Cc1ccccc1)N1CCCC1. The Hall–Kier alpha value is -1.91. The molecule has 0 radical (unpaired) electrons. The van der Waals surface area contributed by atoms with E-state index < -0.39 is 5.66 Å². The van der Waals surface area contributed by atoms with Crippen molar-refractivity contribution in [2.75, 3.05) is 13.1 Å². The number of halogens is 1. The summed E-state index contributed by atoms with van der Waals surface area (Å²) >= 11 is 0. The fourth-order valence-corrected chi connectivity index (χ4v) is 3.58. The third kappa shape index (κ3) is 2.19. The van der Waals surface area contributed by atoms with Gasteiger partial charge in [-0.25, -0.2) is 4.39 Å². The quantitative estimate of drug-likeness (QED) is 0.941. The van der Waals surface area contributed by atoms with Gasteiger partial charge in [0.1, 0.15) is 11.5 Å². The molecule has 4 heteroatoms. The number of hydroxylamine groups is 1. The maximum absolute atomic E-state index is 13.5. The second-order valence-corrected chi connectivity index (χ2v) is 6.06. The molecular weight excluding hydrogens is 279 g/mol. The molecule has 2 aromatic rings. The highest BCUT2D eigenvalue weighted by Crippen LogP contribution is 2.42. The Kier molecular flexibility index (Phi) is 3.36. The van der Waals surface area contributed by atoms with Crippen LogP contribution < -0.4 is 10.3 Å². The van der Waals surface area contributed by atoms with Gasteiger partial charge in [0.05, 0.1) is 0 Å². The van der Waals surface area contributed by atoms with Crippen LogP contribution in [0, 0.1) is 5.82 Å². The first kappa shape index (κ1) is 13.7. The van der Waals surface area contributed by atoms with Gasteiger partial charge in [-0.15, -0.1) is 5.48 Å². The zero-order chi connectivity index (χ0) is 15.0. The van der Waals surface area contributed by atoms with Crippen LogP contribution in [-0.4, -0.2) is 18.0 Å². The number of hydrogen-bond donors (Lipinski definition) is 1. The van der Waals surface area contributed by atoms with Crippen molar-refractivity contribution in [3.8, 4) is 5.75 Å². The molecule has 1 atom stereocenters. The minimum atomic E-state index is -0.402. The van der Waals surface area contributed by atoms with Gasteiger partial charge in [0.15, 0.2) is 5.75 Å². The van der Waals surface area contributed by atoms with E-state index in [1.54, 1.807) is 0 Å². The lowest BCUT2D eigenvalue weighted by atomic mass is 9.91. The summed E-state index contributed by atoms with van der Waals surface area (Å²) in [6.45, 7) is 2.06. The number of nitrogens with zero attached hydrogens (tertiary/aromatic N) is 1. The summed E-state index contributed by atoms with van der Waals surface area (Å²) in [6, 6.07) is 15.2. The molecule has 2 heterocycles. The third-order valence-corrected chi connectivity index (χ3v) is 4.67. The maximum atomic E-state index is 13.5. The molecule has 0 aliphatic carbocycles. The summed E-state index contributed by atoms with van der Waals surface area (Å²) in [7, 11) is 0. The number of likely N-dealkylation sites (tertiary alicyclic amines) is 1. The van der Waals surface area contributed by atoms with E-state index in [1.807, 2.05) is 24.3 Å². The van der Waals surface area contributed by atoms with E-state index in [2.05, 4.69) is 22.5 Å². The third-order valence-electron chi connectivity index (χ3n) is 4.67. The van der Waals surface area contributed by atoms with E-state index >= 15 is 0 Å². The van der Waals surface area contributed by atoms with E-state index in [0.717, 1.165) is 25.1 Å². The first-order valence-electron chi connectivity index (χ1n) is 7.81. The van der Waals surface area contributed by atoms with Crippen LogP contribution in [0.15, 0.2) is 48.5 Å². The topological polar surface area (TPSA) is 24.5 Å². The Morgan fingerprint density at radius 1 is 1.09 bits per heavy atom. The van der Waals surface area contributed by atoms with Crippen LogP contribution in [0.3, 0.4) is 0 Å². The number of hydrogen-bond acceptors (Lipinski definition) is 3. The number of rotatable bonds is 3. The van der Waals surface area contributed by atoms with Gasteiger partial charge in [-0.1, -0.05) is 30.3 Å². The average Bonchev–Trinajstić information content (AvgIpc) is 3.17. The fourth-order valence-electron chi connectivity index (χ4n) is 3.58. The first-order valence-corrected chi connectivity index (χ1v) is 7.81. The van der Waals surface area contributed by atoms with Crippen LogP contribution in [-0.2, 0) is 12.1 Å². The molecule has 4 rings (SSSR count). The Bertz CT molecular complexity index is 670. The van der Waals surface area contributed by atoms with Crippen LogP contribution in [0.1, 0.15) is 24.0 Å². The van der Waals surface area contributed by atoms with Crippen molar-refractivity contribution in [2.45, 2.75) is 24.9 Å². The predicted octanol–water partition coefficient (Wildman–Crippen LogP) is 3.21. The summed E-state index contributed by atoms with van der Waals surface area (Å²) in [5.41, 5.74) is 5.08. The summed E-state index contributed by atoms with van der Waals surface area (Å²) in [4.78, 5) is 8.07. The molecule has 2 aromatic carbocycles. The molecule has 3 nitrogen and oxygen atoms in total. The largest absolute Gasteiger partial charge is 0.406 e. The highest BCUT2D eigenvalue weighted by atomic mass is 19.1. The Labute approximate surface area is 129 Å². The number of benzene rings is 2. The van der Waals surface area contributed by atoms with Crippen molar-refractivity contribution < 1.29 is 9.23 Å². The molecule has 0 bridgehead atoms. The molecule has 1 fully saturated rings. The molecule has 1 unspecified atom stereocenters. The van der Waals surface area contributed by atoms with E-state index in [-0.39, 0.29) is 5.82 Å². The van der Waals surface area contributed by atoms with Crippen molar-refractivity contribution in [3.63, 3.8) is 0 Å². The van der Waals surface area contributed by atoms with Crippen molar-refractivity contribution in [1.82, 2.24) is 10.4 Å². The molecule has 22 heavy (non-hydrogen) atoms. The van der Waals surface area contributed by atoms with Gasteiger partial charge in [-0.3, -0.25) is 4.90 Å². The smallest absolute Gasteiger partial charge is 0.156 e. The van der Waals surface area contributed by atoms with E-state index in [4.69, 9.17) is 4.84 Å². The van der Waals surface area contributed by atoms with Crippen LogP contribution >= 0.6 is 0 Å². The monoisotopic (exact) mass is 298 g/mol. The maximum Gasteiger partial charge on any atom is 0.156 e. The molecule has 0 spiro atoms. The minimum absolute atomic E-state index is 0.266. The second-order valence-electron chi connectivity index (χ2n) is 6.06. The average molecular weight is 298 g/mol. The van der Waals surface area contributed by atoms with Gasteiger partial charge < -0.3 is 4.84 Å². The predicted molar refractivity (Wildman–Crippen MR) is 82.8 cm³/mol. The number of fused-ring (bicyclic) bond motifs is 1. The summed E-state index contributed by atoms with van der Waals surface area (Å²) in [5.74, 6) is 0.334. The van der Waals surface area contributed by atoms with Gasteiger partial charge >= 0.3 is 0 Å². The summed E-state index contributed by atoms with van der Waals surface area (Å²) in [5, 5.41) is 0. The van der Waals surface area contributed by atoms with Gasteiger partial charge in [-0.2, -0.15) is 0 Å². The van der Waals surface area contributed by atoms with Crippen molar-refractivity contribution >= 4 is 0 Å². The van der Waals surface area contributed by atoms with Gasteiger partial charge in [0.25, 0.3) is 0 Å². The number of nitrogens with one attached hydrogen (secondary N) is 1. The summed E-state index contributed by atoms with van der Waals surface area (Å²) < 4.78 is 13.5. The highest BCUT2D eigenvalue weighted by molar-refractivity contribution is 5.43. The fraction of sp³-hybridized carbons (Fsp3) is 0.333. The van der Waals surface area contributed by atoms with Crippen molar-refractivity contribution in [3.05, 3.63) is 65.5 Å². The van der Waals surface area contributed by atoms with Crippen LogP contribution in [0.5, 0.6) is 5.75 Å². The van der Waals surface area contributed by atoms with Gasteiger partial charge in [0, 0.05) is 31.1 Å². The van der Waals surface area contributed by atoms with E-state index in [0.29, 0.717) is 5.75 Å². The Morgan fingerprint density at radius 3 is 2.64 bits per heavy atom. The molecule has 1 N–H and O–H groups in total. The van der Waals surface area contributed by atoms with Crippen molar-refractivity contribution in [1.29, 1.82) is 0 Å². The molecular formula is C18H19FN2O. The Morgan fingerprint density at radius 2 is 1.86 bits per heavy atom. The van der Waals surface area contributed by atoms with E-state index in [9.17, 15) is 4.39 Å². The minimum Gasteiger partial charge on any atom is -0.406 e. The standard InChI is InChI=1S/C18H19FN2O/c19-15-8-9-16-17(12-15)22-20-18(16,21-10-4-5-11-21)13-14-6-2-1-3-7-14/h1-3,6-9,12,20H,4-5,10-11,13H2. The molecule has 2 aliphatic heterocycles. The van der Waals surface area contributed by atoms with Crippen molar-refractivity contribution in [2.24, 2.45) is 0 Å². The normalized spacial score (nSPS) is 24.2. The highest BCUT2D eigenvalue weighted by Gasteiger charge is 2.46. The summed E-state index contributed by atoms with van der Waals surface area (Å²) in [6.07, 6.45) is 3.18. The zero-order valence-corrected chi connectivity index (χ0v) is 12.4. The lowest BCUT2D eigenvalue weighted by Crippen LogP contribution is -2.54. The van der Waals surface area contributed by atoms with Crippen LogP contribution in [0.25, 0.3) is 0 Å². The van der Waals surface area contributed by atoms with Gasteiger partial charge in [-0.05, 0) is 30.5 Å². The molecule has 0 saturated carbocycles. The van der Waals surface area contributed by atoms with Gasteiger partial charge in [0.2, 0.25) is 0 Å². The van der Waals surface area contributed by atoms with Crippen LogP contribution in [0.2, 0.25) is 0 Å². The second kappa shape index (κ2) is 5.38.